The van der Waals surface area contributed by atoms with Crippen LogP contribution >= 0.6 is 0 Å². The van der Waals surface area contributed by atoms with Gasteiger partial charge in [-0.2, -0.15) is 17.6 Å². The molecule has 6 heteroatoms. The molecule has 0 nitrogen and oxygen atoms in total. The predicted octanol–water partition coefficient (Wildman–Crippen LogP) is 3.18. The molecule has 0 aliphatic rings. The van der Waals surface area contributed by atoms with Gasteiger partial charge in [-0.25, -0.2) is 8.78 Å². The Balaban J connectivity index is 4.74. The van der Waals surface area contributed by atoms with Crippen LogP contribution in [0.3, 0.4) is 0 Å². The smallest absolute Gasteiger partial charge is 0.244 e. The molecule has 0 bridgehead atoms. The van der Waals surface area contributed by atoms with E-state index in [2.05, 4.69) is 6.92 Å². The molecule has 0 aliphatic heterocycles. The van der Waals surface area contributed by atoms with Crippen LogP contribution in [0.5, 0.6) is 0 Å². The molecule has 79 valence electrons. The average molecular weight is 207 g/mol. The fourth-order valence-corrected chi connectivity index (χ4v) is 0.657. The topological polar surface area (TPSA) is 0 Å². The normalized spacial score (nSPS) is 18.5. The molecule has 0 fully saturated rings. The monoisotopic (exact) mass is 207 g/mol. The number of halogens is 6. The van der Waals surface area contributed by atoms with E-state index in [1.165, 1.54) is 0 Å². The van der Waals surface area contributed by atoms with E-state index in [9.17, 15) is 26.3 Å². The summed E-state index contributed by atoms with van der Waals surface area (Å²) in [6.45, 7) is 3.00. The van der Waals surface area contributed by atoms with Crippen molar-refractivity contribution in [3.8, 4) is 0 Å². The fourth-order valence-electron chi connectivity index (χ4n) is 0.657. The summed E-state index contributed by atoms with van der Waals surface area (Å²) in [6.07, 6.45) is -7.63. The van der Waals surface area contributed by atoms with Crippen LogP contribution in [0.25, 0.3) is 0 Å². The molecule has 1 unspecified atom stereocenters. The minimum Gasteiger partial charge on any atom is -0.244 e. The third-order valence-electron chi connectivity index (χ3n) is 1.55. The van der Waals surface area contributed by atoms with Gasteiger partial charge in [0.05, 0.1) is 0 Å². The van der Waals surface area contributed by atoms with Gasteiger partial charge in [0.1, 0.15) is 6.17 Å². The molecule has 1 radical (unpaired) electrons. The highest BCUT2D eigenvalue weighted by molar-refractivity contribution is 4.93. The summed E-state index contributed by atoms with van der Waals surface area (Å²) in [5.41, 5.74) is 0. The molecule has 0 aliphatic carbocycles. The first-order valence-electron chi connectivity index (χ1n) is 3.50. The second kappa shape index (κ2) is 3.75. The molecule has 0 heterocycles. The minimum atomic E-state index is -5.01. The van der Waals surface area contributed by atoms with E-state index in [1.54, 1.807) is 0 Å². The Morgan fingerprint density at radius 3 is 1.77 bits per heavy atom. The largest absolute Gasteiger partial charge is 0.343 e. The quantitative estimate of drug-likeness (QED) is 0.621. The Morgan fingerprint density at radius 2 is 1.54 bits per heavy atom. The molecular formula is C7H9F6. The van der Waals surface area contributed by atoms with E-state index >= 15 is 0 Å². The molecule has 2 atom stereocenters. The Hall–Kier alpha value is -0.420. The van der Waals surface area contributed by atoms with Crippen LogP contribution in [0.15, 0.2) is 0 Å². The van der Waals surface area contributed by atoms with E-state index in [4.69, 9.17) is 0 Å². The predicted molar refractivity (Wildman–Crippen MR) is 35.3 cm³/mol. The highest BCUT2D eigenvalue weighted by Crippen LogP contribution is 2.41. The van der Waals surface area contributed by atoms with Gasteiger partial charge >= 0.3 is 11.8 Å². The second-order valence-electron chi connectivity index (χ2n) is 2.66. The first-order valence-corrected chi connectivity index (χ1v) is 3.50. The number of rotatable bonds is 4. The SMILES string of the molecule is [CH2]CC(F)(F)C(F)(F)[C@@H](F)C(C)F. The van der Waals surface area contributed by atoms with Crippen molar-refractivity contribution in [2.45, 2.75) is 37.5 Å². The maximum absolute atomic E-state index is 12.4. The summed E-state index contributed by atoms with van der Waals surface area (Å²) in [6, 6.07) is 0. The Bertz CT molecular complexity index is 164. The third-order valence-corrected chi connectivity index (χ3v) is 1.55. The van der Waals surface area contributed by atoms with Crippen LogP contribution in [0, 0.1) is 6.92 Å². The van der Waals surface area contributed by atoms with Gasteiger partial charge < -0.3 is 0 Å². The van der Waals surface area contributed by atoms with Crippen molar-refractivity contribution in [2.75, 3.05) is 0 Å². The van der Waals surface area contributed by atoms with Crippen molar-refractivity contribution in [1.82, 2.24) is 0 Å². The van der Waals surface area contributed by atoms with E-state index in [-0.39, 0.29) is 0 Å². The van der Waals surface area contributed by atoms with Gasteiger partial charge in [-0.05, 0) is 13.8 Å². The molecule has 0 amide bonds. The molecule has 0 saturated carbocycles. The van der Waals surface area contributed by atoms with Crippen LogP contribution in [-0.4, -0.2) is 24.2 Å². The van der Waals surface area contributed by atoms with Gasteiger partial charge in [0, 0.05) is 6.42 Å². The highest BCUT2D eigenvalue weighted by Gasteiger charge is 2.62. The third kappa shape index (κ3) is 2.28. The molecule has 0 aromatic heterocycles. The zero-order valence-electron chi connectivity index (χ0n) is 6.84. The van der Waals surface area contributed by atoms with E-state index in [0.717, 1.165) is 0 Å². The van der Waals surface area contributed by atoms with Crippen molar-refractivity contribution < 1.29 is 26.3 Å². The van der Waals surface area contributed by atoms with Gasteiger partial charge in [-0.3, -0.25) is 0 Å². The Kier molecular flexibility index (Phi) is 3.63. The lowest BCUT2D eigenvalue weighted by molar-refractivity contribution is -0.245. The summed E-state index contributed by atoms with van der Waals surface area (Å²) >= 11 is 0. The Labute approximate surface area is 71.9 Å². The van der Waals surface area contributed by atoms with Crippen LogP contribution in [0.1, 0.15) is 13.3 Å². The lowest BCUT2D eigenvalue weighted by Crippen LogP contribution is -2.50. The number of hydrogen-bond donors (Lipinski definition) is 0. The molecule has 0 spiro atoms. The summed E-state index contributed by atoms with van der Waals surface area (Å²) in [5.74, 6) is -9.63. The molecule has 0 aromatic carbocycles. The fraction of sp³-hybridized carbons (Fsp3) is 0.857. The standard InChI is InChI=1S/C7H9F6/c1-3-6(10,11)7(12,13)5(9)4(2)8/h4-5H,1,3H2,2H3/t4?,5-/m0/s1. The van der Waals surface area contributed by atoms with Crippen molar-refractivity contribution >= 4 is 0 Å². The van der Waals surface area contributed by atoms with E-state index < -0.39 is 30.6 Å². The average Bonchev–Trinajstić information content (AvgIpc) is 2.02. The maximum Gasteiger partial charge on any atom is 0.343 e. The molecule has 0 saturated heterocycles. The van der Waals surface area contributed by atoms with E-state index in [1.807, 2.05) is 0 Å². The molecule has 0 aromatic rings. The van der Waals surface area contributed by atoms with Gasteiger partial charge in [0.25, 0.3) is 0 Å². The maximum atomic E-state index is 12.4. The first kappa shape index (κ1) is 12.6. The van der Waals surface area contributed by atoms with Crippen LogP contribution < -0.4 is 0 Å². The van der Waals surface area contributed by atoms with Crippen LogP contribution in [-0.2, 0) is 0 Å². The Morgan fingerprint density at radius 1 is 1.15 bits per heavy atom. The summed E-state index contributed by atoms with van der Waals surface area (Å²) < 4.78 is 73.9. The molecule has 0 rings (SSSR count). The molecule has 13 heavy (non-hydrogen) atoms. The zero-order valence-corrected chi connectivity index (χ0v) is 6.84. The van der Waals surface area contributed by atoms with Crippen LogP contribution in [0.4, 0.5) is 26.3 Å². The second-order valence-corrected chi connectivity index (χ2v) is 2.66. The highest BCUT2D eigenvalue weighted by atomic mass is 19.3. The molecule has 0 N–H and O–H groups in total. The lowest BCUT2D eigenvalue weighted by Gasteiger charge is -2.28. The van der Waals surface area contributed by atoms with E-state index in [0.29, 0.717) is 6.92 Å². The van der Waals surface area contributed by atoms with Crippen molar-refractivity contribution in [3.05, 3.63) is 6.92 Å². The van der Waals surface area contributed by atoms with Gasteiger partial charge in [-0.15, -0.1) is 0 Å². The van der Waals surface area contributed by atoms with Crippen molar-refractivity contribution in [2.24, 2.45) is 0 Å². The summed E-state index contributed by atoms with van der Waals surface area (Å²) in [5, 5.41) is 0. The van der Waals surface area contributed by atoms with Gasteiger partial charge in [0.2, 0.25) is 6.17 Å². The van der Waals surface area contributed by atoms with Gasteiger partial charge in [-0.1, -0.05) is 0 Å². The lowest BCUT2D eigenvalue weighted by atomic mass is 10.0. The minimum absolute atomic E-state index is 0.456. The van der Waals surface area contributed by atoms with Gasteiger partial charge in [0.15, 0.2) is 0 Å². The number of hydrogen-bond acceptors (Lipinski definition) is 0. The van der Waals surface area contributed by atoms with Crippen molar-refractivity contribution in [1.29, 1.82) is 0 Å². The summed E-state index contributed by atoms with van der Waals surface area (Å²) in [7, 11) is 0. The first-order chi connectivity index (χ1) is 5.66. The summed E-state index contributed by atoms with van der Waals surface area (Å²) in [4.78, 5) is 0. The zero-order chi connectivity index (χ0) is 10.9. The van der Waals surface area contributed by atoms with Crippen molar-refractivity contribution in [3.63, 3.8) is 0 Å². The molecular weight excluding hydrogens is 198 g/mol. The number of alkyl halides is 6. The van der Waals surface area contributed by atoms with Crippen LogP contribution in [0.2, 0.25) is 0 Å².